The van der Waals surface area contributed by atoms with Crippen LogP contribution in [0.1, 0.15) is 47.1 Å². The van der Waals surface area contributed by atoms with Gasteiger partial charge in [-0.25, -0.2) is 0 Å². The Kier molecular flexibility index (Phi) is 6.77. The van der Waals surface area contributed by atoms with Crippen LogP contribution in [0.15, 0.2) is 66.7 Å². The first-order valence-electron chi connectivity index (χ1n) is 10.2. The van der Waals surface area contributed by atoms with Crippen molar-refractivity contribution in [1.82, 2.24) is 0 Å². The van der Waals surface area contributed by atoms with Crippen molar-refractivity contribution in [2.24, 2.45) is 0 Å². The largest absolute Gasteiger partial charge is 0.490 e. The van der Waals surface area contributed by atoms with Crippen LogP contribution in [0.3, 0.4) is 0 Å². The van der Waals surface area contributed by atoms with Crippen molar-refractivity contribution in [3.63, 3.8) is 0 Å². The van der Waals surface area contributed by atoms with Crippen molar-refractivity contribution in [1.29, 1.82) is 0 Å². The van der Waals surface area contributed by atoms with E-state index in [4.69, 9.17) is 4.74 Å². The lowest BCUT2D eigenvalue weighted by Gasteiger charge is -2.19. The van der Waals surface area contributed by atoms with E-state index in [-0.39, 0.29) is 28.3 Å². The second-order valence-corrected chi connectivity index (χ2v) is 8.42. The van der Waals surface area contributed by atoms with E-state index in [0.29, 0.717) is 16.9 Å². The number of methoxy groups -OCH3 is 1. The van der Waals surface area contributed by atoms with Gasteiger partial charge >= 0.3 is 5.69 Å². The average molecular weight is 447 g/mol. The van der Waals surface area contributed by atoms with Gasteiger partial charge in [-0.15, -0.1) is 0 Å². The minimum absolute atomic E-state index is 0.0254. The summed E-state index contributed by atoms with van der Waals surface area (Å²) in [6.07, 6.45) is 0. The molecule has 0 aliphatic carbocycles. The molecule has 3 rings (SSSR count). The molecule has 3 aromatic carbocycles. The molecule has 0 radical (unpaired) electrons. The zero-order valence-corrected chi connectivity index (χ0v) is 18.8. The Balaban J connectivity index is 1.79. The zero-order valence-electron chi connectivity index (χ0n) is 18.8. The van der Waals surface area contributed by atoms with Crippen LogP contribution in [0.5, 0.6) is 5.75 Å². The number of nitro benzene ring substituents is 1. The molecule has 0 unspecified atom stereocenters. The molecule has 0 spiro atoms. The normalized spacial score (nSPS) is 10.9. The molecule has 33 heavy (non-hydrogen) atoms. The van der Waals surface area contributed by atoms with Crippen LogP contribution in [0.2, 0.25) is 0 Å². The van der Waals surface area contributed by atoms with E-state index in [2.05, 4.69) is 31.4 Å². The summed E-state index contributed by atoms with van der Waals surface area (Å²) in [5.41, 5.74) is 2.10. The molecule has 0 aliphatic heterocycles. The number of benzene rings is 3. The lowest BCUT2D eigenvalue weighted by molar-refractivity contribution is -0.385. The fraction of sp³-hybridized carbons (Fsp3) is 0.200. The van der Waals surface area contributed by atoms with Crippen LogP contribution in [0, 0.1) is 10.1 Å². The third-order valence-electron chi connectivity index (χ3n) is 5.07. The Bertz CT molecular complexity index is 1200. The van der Waals surface area contributed by atoms with Crippen molar-refractivity contribution in [3.8, 4) is 5.75 Å². The third-order valence-corrected chi connectivity index (χ3v) is 5.07. The van der Waals surface area contributed by atoms with E-state index in [0.717, 1.165) is 11.6 Å². The number of amides is 2. The summed E-state index contributed by atoms with van der Waals surface area (Å²) in [7, 11) is 1.32. The summed E-state index contributed by atoms with van der Waals surface area (Å²) in [6, 6.07) is 18.0. The molecule has 3 aromatic rings. The average Bonchev–Trinajstić information content (AvgIpc) is 2.79. The highest BCUT2D eigenvalue weighted by Gasteiger charge is 2.19. The summed E-state index contributed by atoms with van der Waals surface area (Å²) >= 11 is 0. The smallest absolute Gasteiger partial charge is 0.311 e. The predicted octanol–water partition coefficient (Wildman–Crippen LogP) is 5.41. The quantitative estimate of drug-likeness (QED) is 0.388. The number of anilines is 2. The first-order chi connectivity index (χ1) is 15.6. The number of carbonyl (C=O) groups excluding carboxylic acids is 2. The highest BCUT2D eigenvalue weighted by molar-refractivity contribution is 6.10. The van der Waals surface area contributed by atoms with Crippen molar-refractivity contribution in [2.45, 2.75) is 26.2 Å². The van der Waals surface area contributed by atoms with Crippen LogP contribution in [0.4, 0.5) is 17.1 Å². The molecule has 0 aromatic heterocycles. The summed E-state index contributed by atoms with van der Waals surface area (Å²) in [5.74, 6) is -0.823. The van der Waals surface area contributed by atoms with Crippen molar-refractivity contribution >= 4 is 28.9 Å². The Labute approximate surface area is 191 Å². The molecule has 8 nitrogen and oxygen atoms in total. The topological polar surface area (TPSA) is 111 Å². The maximum absolute atomic E-state index is 12.8. The predicted molar refractivity (Wildman–Crippen MR) is 127 cm³/mol. The van der Waals surface area contributed by atoms with Gasteiger partial charge in [0.1, 0.15) is 0 Å². The first-order valence-corrected chi connectivity index (χ1v) is 10.2. The molecule has 0 saturated heterocycles. The number of nitro groups is 1. The van der Waals surface area contributed by atoms with Gasteiger partial charge in [0.15, 0.2) is 5.75 Å². The molecule has 170 valence electrons. The molecule has 2 amide bonds. The van der Waals surface area contributed by atoms with Crippen molar-refractivity contribution < 1.29 is 19.2 Å². The molecule has 0 fully saturated rings. The van der Waals surface area contributed by atoms with E-state index in [1.807, 2.05) is 12.1 Å². The van der Waals surface area contributed by atoms with Gasteiger partial charge < -0.3 is 15.4 Å². The van der Waals surface area contributed by atoms with Gasteiger partial charge in [0, 0.05) is 17.2 Å². The second kappa shape index (κ2) is 9.52. The van der Waals surface area contributed by atoms with Crippen LogP contribution < -0.4 is 15.4 Å². The fourth-order valence-electron chi connectivity index (χ4n) is 3.19. The molecule has 0 heterocycles. The minimum atomic E-state index is -0.616. The zero-order chi connectivity index (χ0) is 24.2. The highest BCUT2D eigenvalue weighted by Crippen LogP contribution is 2.29. The summed E-state index contributed by atoms with van der Waals surface area (Å²) < 4.78 is 4.97. The monoisotopic (exact) mass is 447 g/mol. The molecular formula is C25H25N3O5. The minimum Gasteiger partial charge on any atom is -0.490 e. The summed E-state index contributed by atoms with van der Waals surface area (Å²) in [6.45, 7) is 6.29. The number of ether oxygens (including phenoxy) is 1. The van der Waals surface area contributed by atoms with Crippen LogP contribution in [-0.2, 0) is 5.41 Å². The molecule has 0 atom stereocenters. The van der Waals surface area contributed by atoms with Crippen LogP contribution in [0.25, 0.3) is 0 Å². The Morgan fingerprint density at radius 2 is 1.36 bits per heavy atom. The number of carbonyl (C=O) groups is 2. The lowest BCUT2D eigenvalue weighted by atomic mass is 9.87. The molecule has 0 bridgehead atoms. The number of nitrogens with zero attached hydrogens (tertiary/aromatic N) is 1. The maximum atomic E-state index is 12.8. The number of hydrogen-bond acceptors (Lipinski definition) is 5. The number of rotatable bonds is 6. The molecular weight excluding hydrogens is 422 g/mol. The highest BCUT2D eigenvalue weighted by atomic mass is 16.6. The van der Waals surface area contributed by atoms with Gasteiger partial charge in [0.05, 0.1) is 23.4 Å². The van der Waals surface area contributed by atoms with E-state index in [1.165, 1.54) is 19.2 Å². The Morgan fingerprint density at radius 1 is 0.848 bits per heavy atom. The number of para-hydroxylation sites is 2. The molecule has 0 saturated carbocycles. The third kappa shape index (κ3) is 5.54. The summed E-state index contributed by atoms with van der Waals surface area (Å²) in [5, 5.41) is 16.8. The van der Waals surface area contributed by atoms with Gasteiger partial charge in [-0.3, -0.25) is 19.7 Å². The molecule has 8 heteroatoms. The number of hydrogen-bond donors (Lipinski definition) is 2. The van der Waals surface area contributed by atoms with Crippen molar-refractivity contribution in [3.05, 3.63) is 93.5 Å². The van der Waals surface area contributed by atoms with E-state index >= 15 is 0 Å². The van der Waals surface area contributed by atoms with Gasteiger partial charge in [-0.05, 0) is 47.4 Å². The Morgan fingerprint density at radius 3 is 1.85 bits per heavy atom. The van der Waals surface area contributed by atoms with Gasteiger partial charge in [0.2, 0.25) is 0 Å². The fourth-order valence-corrected chi connectivity index (χ4v) is 3.19. The second-order valence-electron chi connectivity index (χ2n) is 8.42. The molecule has 0 aliphatic rings. The summed E-state index contributed by atoms with van der Waals surface area (Å²) in [4.78, 5) is 36.1. The Hall–Kier alpha value is -4.20. The van der Waals surface area contributed by atoms with E-state index < -0.39 is 10.8 Å². The first kappa shape index (κ1) is 23.5. The van der Waals surface area contributed by atoms with Crippen LogP contribution >= 0.6 is 0 Å². The van der Waals surface area contributed by atoms with Gasteiger partial charge in [-0.2, -0.15) is 0 Å². The maximum Gasteiger partial charge on any atom is 0.311 e. The SMILES string of the molecule is COc1ccc(C(=O)Nc2ccccc2NC(=O)c2ccc(C(C)(C)C)cc2)cc1[N+](=O)[O-]. The lowest BCUT2D eigenvalue weighted by Crippen LogP contribution is -2.17. The van der Waals surface area contributed by atoms with E-state index in [1.54, 1.807) is 36.4 Å². The molecule has 2 N–H and O–H groups in total. The van der Waals surface area contributed by atoms with Gasteiger partial charge in [-0.1, -0.05) is 45.0 Å². The standard InChI is InChI=1S/C25H25N3O5/c1-25(2,3)18-12-9-16(10-13-18)23(29)26-19-7-5-6-8-20(19)27-24(30)17-11-14-22(33-4)21(15-17)28(31)32/h5-15H,1-4H3,(H,26,29)(H,27,30). The van der Waals surface area contributed by atoms with Crippen molar-refractivity contribution in [2.75, 3.05) is 17.7 Å². The van der Waals surface area contributed by atoms with E-state index in [9.17, 15) is 19.7 Å². The van der Waals surface area contributed by atoms with Crippen LogP contribution in [-0.4, -0.2) is 23.8 Å². The van der Waals surface area contributed by atoms with Gasteiger partial charge in [0.25, 0.3) is 11.8 Å². The number of nitrogens with one attached hydrogen (secondary N) is 2.